The number of nitrogens with one attached hydrogen (secondary N) is 1. The third kappa shape index (κ3) is 3.05. The molecule has 0 bridgehead atoms. The molecule has 19 heavy (non-hydrogen) atoms. The van der Waals surface area contributed by atoms with Gasteiger partial charge in [0, 0.05) is 11.8 Å². The van der Waals surface area contributed by atoms with Crippen molar-refractivity contribution < 1.29 is 0 Å². The summed E-state index contributed by atoms with van der Waals surface area (Å²) in [6.07, 6.45) is 2.05. The molecule has 0 aliphatic rings. The molecule has 2 aromatic heterocycles. The Morgan fingerprint density at radius 2 is 2.05 bits per heavy atom. The van der Waals surface area contributed by atoms with Crippen LogP contribution in [0.1, 0.15) is 18.2 Å². The summed E-state index contributed by atoms with van der Waals surface area (Å²) in [4.78, 5) is 29.5. The Morgan fingerprint density at radius 1 is 1.32 bits per heavy atom. The predicted octanol–water partition coefficient (Wildman–Crippen LogP) is 1.85. The van der Waals surface area contributed by atoms with E-state index >= 15 is 0 Å². The maximum absolute atomic E-state index is 11.7. The van der Waals surface area contributed by atoms with Crippen LogP contribution < -0.4 is 11.2 Å². The second-order valence-corrected chi connectivity index (χ2v) is 4.75. The van der Waals surface area contributed by atoms with Gasteiger partial charge in [0.1, 0.15) is 5.15 Å². The molecule has 0 aromatic carbocycles. The van der Waals surface area contributed by atoms with Crippen molar-refractivity contribution in [1.29, 1.82) is 0 Å². The first-order chi connectivity index (χ1) is 9.01. The van der Waals surface area contributed by atoms with Crippen molar-refractivity contribution in [1.82, 2.24) is 14.5 Å². The summed E-state index contributed by atoms with van der Waals surface area (Å²) in [5.74, 6) is 0. The van der Waals surface area contributed by atoms with Crippen molar-refractivity contribution >= 4 is 23.2 Å². The Balaban J connectivity index is 2.46. The highest BCUT2D eigenvalue weighted by molar-refractivity contribution is 6.32. The van der Waals surface area contributed by atoms with E-state index in [2.05, 4.69) is 9.97 Å². The number of nitrogens with zero attached hydrogens (tertiary/aromatic N) is 2. The topological polar surface area (TPSA) is 67.8 Å². The predicted molar refractivity (Wildman–Crippen MR) is 74.1 cm³/mol. The molecular formula is C12H11Cl2N3O2. The molecule has 0 unspecified atom stereocenters. The summed E-state index contributed by atoms with van der Waals surface area (Å²) in [5.41, 5.74) is 0.136. The lowest BCUT2D eigenvalue weighted by atomic mass is 10.2. The quantitative estimate of drug-likeness (QED) is 0.880. The van der Waals surface area contributed by atoms with Crippen LogP contribution >= 0.6 is 23.2 Å². The van der Waals surface area contributed by atoms with E-state index in [1.807, 2.05) is 6.92 Å². The van der Waals surface area contributed by atoms with Gasteiger partial charge in [-0.3, -0.25) is 14.3 Å². The fraction of sp³-hybridized carbons (Fsp3) is 0.250. The maximum Gasteiger partial charge on any atom is 0.328 e. The number of hydrogen-bond donors (Lipinski definition) is 1. The van der Waals surface area contributed by atoms with E-state index < -0.39 is 5.69 Å². The fourth-order valence-electron chi connectivity index (χ4n) is 1.65. The van der Waals surface area contributed by atoms with E-state index in [-0.39, 0.29) is 12.1 Å². The monoisotopic (exact) mass is 299 g/mol. The van der Waals surface area contributed by atoms with Gasteiger partial charge in [-0.25, -0.2) is 9.78 Å². The van der Waals surface area contributed by atoms with Gasteiger partial charge in [0.15, 0.2) is 0 Å². The molecule has 0 amide bonds. The fourth-order valence-corrected chi connectivity index (χ4v) is 1.98. The first kappa shape index (κ1) is 13.8. The second-order valence-electron chi connectivity index (χ2n) is 3.96. The molecule has 5 nitrogen and oxygen atoms in total. The van der Waals surface area contributed by atoms with Crippen LogP contribution in [0.15, 0.2) is 27.9 Å². The van der Waals surface area contributed by atoms with Crippen LogP contribution in [-0.2, 0) is 13.0 Å². The minimum Gasteiger partial charge on any atom is -0.294 e. The van der Waals surface area contributed by atoms with Crippen molar-refractivity contribution in [3.8, 4) is 0 Å². The van der Waals surface area contributed by atoms with Gasteiger partial charge in [-0.2, -0.15) is 0 Å². The molecule has 0 saturated heterocycles. The van der Waals surface area contributed by atoms with Crippen molar-refractivity contribution in [3.05, 3.63) is 60.6 Å². The van der Waals surface area contributed by atoms with Gasteiger partial charge >= 0.3 is 5.69 Å². The van der Waals surface area contributed by atoms with E-state index in [1.54, 1.807) is 12.1 Å². The van der Waals surface area contributed by atoms with E-state index in [4.69, 9.17) is 23.2 Å². The highest BCUT2D eigenvalue weighted by atomic mass is 35.5. The van der Waals surface area contributed by atoms with E-state index in [0.717, 1.165) is 0 Å². The minimum atomic E-state index is -0.500. The first-order valence-corrected chi connectivity index (χ1v) is 6.40. The van der Waals surface area contributed by atoms with Crippen LogP contribution in [-0.4, -0.2) is 14.5 Å². The molecule has 0 fully saturated rings. The highest BCUT2D eigenvalue weighted by Crippen LogP contribution is 2.17. The van der Waals surface area contributed by atoms with Gasteiger partial charge in [0.2, 0.25) is 0 Å². The standard InChI is InChI=1S/C12H11Cl2N3O2/c1-2-7-5-17(12(19)16-11(7)18)6-9-8(13)3-4-10(14)15-9/h3-5H,2,6H2,1H3,(H,16,18,19). The molecule has 0 aliphatic carbocycles. The van der Waals surface area contributed by atoms with Crippen molar-refractivity contribution in [3.63, 3.8) is 0 Å². The van der Waals surface area contributed by atoms with Crippen molar-refractivity contribution in [2.24, 2.45) is 0 Å². The zero-order valence-corrected chi connectivity index (χ0v) is 11.6. The molecule has 0 aliphatic heterocycles. The van der Waals surface area contributed by atoms with Crippen LogP contribution in [0.2, 0.25) is 10.2 Å². The molecule has 2 aromatic rings. The third-order valence-corrected chi connectivity index (χ3v) is 3.22. The third-order valence-electron chi connectivity index (χ3n) is 2.67. The van der Waals surface area contributed by atoms with Crippen molar-refractivity contribution in [2.45, 2.75) is 19.9 Å². The number of pyridine rings is 1. The summed E-state index contributed by atoms with van der Waals surface area (Å²) >= 11 is 11.8. The van der Waals surface area contributed by atoms with Gasteiger partial charge in [-0.15, -0.1) is 0 Å². The van der Waals surface area contributed by atoms with Gasteiger partial charge in [0.05, 0.1) is 17.3 Å². The lowest BCUT2D eigenvalue weighted by Gasteiger charge is -2.08. The molecule has 0 atom stereocenters. The van der Waals surface area contributed by atoms with Gasteiger partial charge in [0.25, 0.3) is 5.56 Å². The Bertz CT molecular complexity index is 722. The van der Waals surface area contributed by atoms with Gasteiger partial charge in [-0.05, 0) is 18.6 Å². The van der Waals surface area contributed by atoms with Gasteiger partial charge in [-0.1, -0.05) is 30.1 Å². The molecule has 0 saturated carbocycles. The summed E-state index contributed by atoms with van der Waals surface area (Å²) in [6, 6.07) is 3.18. The summed E-state index contributed by atoms with van der Waals surface area (Å²) in [6.45, 7) is 1.99. The Kier molecular flexibility index (Phi) is 4.07. The minimum absolute atomic E-state index is 0.155. The molecule has 2 rings (SSSR count). The Labute approximate surface area is 118 Å². The lowest BCUT2D eigenvalue weighted by molar-refractivity contribution is 0.694. The van der Waals surface area contributed by atoms with Crippen LogP contribution in [0.5, 0.6) is 0 Å². The van der Waals surface area contributed by atoms with Gasteiger partial charge < -0.3 is 0 Å². The Morgan fingerprint density at radius 3 is 2.74 bits per heavy atom. The number of aryl methyl sites for hydroxylation is 1. The number of aromatic nitrogens is 3. The summed E-state index contributed by atoms with van der Waals surface area (Å²) < 4.78 is 1.35. The average molecular weight is 300 g/mol. The van der Waals surface area contributed by atoms with E-state index in [1.165, 1.54) is 10.8 Å². The first-order valence-electron chi connectivity index (χ1n) is 5.65. The molecule has 1 N–H and O–H groups in total. The molecule has 2 heterocycles. The number of rotatable bonds is 3. The maximum atomic E-state index is 11.7. The summed E-state index contributed by atoms with van der Waals surface area (Å²) in [5, 5.41) is 0.716. The molecule has 100 valence electrons. The van der Waals surface area contributed by atoms with Crippen LogP contribution in [0.3, 0.4) is 0 Å². The number of halogens is 2. The molecular weight excluding hydrogens is 289 g/mol. The molecule has 0 spiro atoms. The van der Waals surface area contributed by atoms with Crippen LogP contribution in [0, 0.1) is 0 Å². The largest absolute Gasteiger partial charge is 0.328 e. The normalized spacial score (nSPS) is 10.7. The SMILES string of the molecule is CCc1cn(Cc2nc(Cl)ccc2Cl)c(=O)[nH]c1=O. The lowest BCUT2D eigenvalue weighted by Crippen LogP contribution is -2.32. The average Bonchev–Trinajstić information content (AvgIpc) is 2.37. The molecule has 0 radical (unpaired) electrons. The van der Waals surface area contributed by atoms with Crippen molar-refractivity contribution in [2.75, 3.05) is 0 Å². The Hall–Kier alpha value is -1.59. The number of H-pyrrole nitrogens is 1. The smallest absolute Gasteiger partial charge is 0.294 e. The van der Waals surface area contributed by atoms with Crippen LogP contribution in [0.4, 0.5) is 0 Å². The second kappa shape index (κ2) is 5.59. The van der Waals surface area contributed by atoms with Crippen LogP contribution in [0.25, 0.3) is 0 Å². The highest BCUT2D eigenvalue weighted by Gasteiger charge is 2.08. The number of aromatic amines is 1. The zero-order chi connectivity index (χ0) is 14.0. The number of hydrogen-bond acceptors (Lipinski definition) is 3. The summed E-state index contributed by atoms with van der Waals surface area (Å²) in [7, 11) is 0. The van der Waals surface area contributed by atoms with E-state index in [0.29, 0.717) is 27.9 Å². The molecule has 7 heteroatoms. The van der Waals surface area contributed by atoms with E-state index in [9.17, 15) is 9.59 Å². The zero-order valence-electron chi connectivity index (χ0n) is 10.1.